The van der Waals surface area contributed by atoms with E-state index in [0.29, 0.717) is 38.1 Å². The fourth-order valence-electron chi connectivity index (χ4n) is 8.89. The van der Waals surface area contributed by atoms with Crippen molar-refractivity contribution in [2.75, 3.05) is 34.0 Å². The molecule has 0 bridgehead atoms. The van der Waals surface area contributed by atoms with Crippen LogP contribution < -0.4 is 5.32 Å². The van der Waals surface area contributed by atoms with Crippen molar-refractivity contribution in [3.05, 3.63) is 58.2 Å². The number of benzene rings is 1. The first kappa shape index (κ1) is 29.3. The molecule has 4 aliphatic carbocycles. The fourth-order valence-corrected chi connectivity index (χ4v) is 8.89. The van der Waals surface area contributed by atoms with Gasteiger partial charge in [0.2, 0.25) is 0 Å². The summed E-state index contributed by atoms with van der Waals surface area (Å²) in [5.74, 6) is 1.50. The van der Waals surface area contributed by atoms with Crippen LogP contribution in [0.15, 0.2) is 52.2 Å². The number of ketones is 1. The van der Waals surface area contributed by atoms with Crippen molar-refractivity contribution in [3.63, 3.8) is 0 Å². The first-order valence-electron chi connectivity index (χ1n) is 15.6. The van der Waals surface area contributed by atoms with E-state index < -0.39 is 6.09 Å². The van der Waals surface area contributed by atoms with Gasteiger partial charge in [-0.15, -0.1) is 0 Å². The van der Waals surface area contributed by atoms with Gasteiger partial charge in [-0.3, -0.25) is 9.63 Å². The maximum atomic E-state index is 12.3. The van der Waals surface area contributed by atoms with Gasteiger partial charge in [0.1, 0.15) is 0 Å². The lowest BCUT2D eigenvalue weighted by Gasteiger charge is -2.55. The molecule has 226 valence electrons. The average molecular weight is 577 g/mol. The standard InChI is InChI=1S/C34H44N2O6/c1-33-19-29(23-6-4-22(5-7-23)20-35-42-32(38)36-25-13-16-41-17-14-25)31-27-11-9-26(37)18-24(27)8-10-28(31)30(33)12-15-34(33,40-3)21-39-2/h4-7,18,20,25,28-30H,8-17,19,21H2,1-3H3,(H,36,38)/b35-20+/t28?,29-,30?,33+,34-/m1/s1. The van der Waals surface area contributed by atoms with E-state index in [0.717, 1.165) is 56.9 Å². The molecule has 1 aliphatic heterocycles. The lowest BCUT2D eigenvalue weighted by atomic mass is 9.51. The Morgan fingerprint density at radius 1 is 1.10 bits per heavy atom. The number of hydrogen-bond donors (Lipinski definition) is 1. The van der Waals surface area contributed by atoms with Gasteiger partial charge in [0.25, 0.3) is 0 Å². The second-order valence-corrected chi connectivity index (χ2v) is 13.0. The first-order chi connectivity index (χ1) is 20.4. The SMILES string of the molecule is COC[C@]1(OC)CCC2C3CCC4=CC(=O)CCC4=C3[C@@H](c3ccc(/C=N/OC(=O)NC4CCOCC4)cc3)C[C@@]21C. The molecule has 3 fully saturated rings. The summed E-state index contributed by atoms with van der Waals surface area (Å²) in [4.78, 5) is 29.5. The first-order valence-corrected chi connectivity index (χ1v) is 15.6. The van der Waals surface area contributed by atoms with Gasteiger partial charge in [-0.1, -0.05) is 41.9 Å². The Kier molecular flexibility index (Phi) is 8.40. The van der Waals surface area contributed by atoms with Crippen molar-refractivity contribution in [1.29, 1.82) is 0 Å². The second-order valence-electron chi connectivity index (χ2n) is 13.0. The zero-order chi connectivity index (χ0) is 29.3. The van der Waals surface area contributed by atoms with Crippen molar-refractivity contribution >= 4 is 18.1 Å². The maximum Gasteiger partial charge on any atom is 0.433 e. The Morgan fingerprint density at radius 2 is 1.88 bits per heavy atom. The van der Waals surface area contributed by atoms with Crippen LogP contribution in [0.1, 0.15) is 81.8 Å². The van der Waals surface area contributed by atoms with E-state index in [-0.39, 0.29) is 28.8 Å². The third kappa shape index (κ3) is 5.26. The highest BCUT2D eigenvalue weighted by atomic mass is 16.7. The average Bonchev–Trinajstić information content (AvgIpc) is 3.29. The summed E-state index contributed by atoms with van der Waals surface area (Å²) in [6.07, 6.45) is 11.2. The highest BCUT2D eigenvalue weighted by Gasteiger charge is 2.63. The third-order valence-electron chi connectivity index (χ3n) is 11.0. The molecule has 0 radical (unpaired) electrons. The van der Waals surface area contributed by atoms with Gasteiger partial charge in [-0.05, 0) is 91.6 Å². The molecule has 2 unspecified atom stereocenters. The van der Waals surface area contributed by atoms with Gasteiger partial charge in [-0.2, -0.15) is 0 Å². The molecule has 0 spiro atoms. The van der Waals surface area contributed by atoms with Crippen LogP contribution in [0.4, 0.5) is 4.79 Å². The number of carbonyl (C=O) groups is 2. The molecule has 0 aromatic heterocycles. The van der Waals surface area contributed by atoms with Crippen LogP contribution in [0.25, 0.3) is 0 Å². The number of rotatable bonds is 7. The normalized spacial score (nSPS) is 33.2. The maximum absolute atomic E-state index is 12.3. The molecule has 6 rings (SSSR count). The minimum Gasteiger partial charge on any atom is -0.382 e. The molecule has 8 nitrogen and oxygen atoms in total. The highest BCUT2D eigenvalue weighted by Crippen LogP contribution is 2.67. The van der Waals surface area contributed by atoms with Crippen molar-refractivity contribution in [2.45, 2.75) is 82.3 Å². The summed E-state index contributed by atoms with van der Waals surface area (Å²) in [7, 11) is 3.63. The van der Waals surface area contributed by atoms with E-state index in [1.54, 1.807) is 18.9 Å². The predicted molar refractivity (Wildman–Crippen MR) is 159 cm³/mol. The Labute approximate surface area is 248 Å². The van der Waals surface area contributed by atoms with E-state index in [4.69, 9.17) is 19.0 Å². The predicted octanol–water partition coefficient (Wildman–Crippen LogP) is 5.86. The van der Waals surface area contributed by atoms with Crippen LogP contribution in [0, 0.1) is 17.3 Å². The molecule has 1 saturated heterocycles. The van der Waals surface area contributed by atoms with Gasteiger partial charge in [0.15, 0.2) is 5.78 Å². The number of amides is 1. The molecule has 42 heavy (non-hydrogen) atoms. The van der Waals surface area contributed by atoms with E-state index >= 15 is 0 Å². The molecule has 5 atom stereocenters. The van der Waals surface area contributed by atoms with Gasteiger partial charge in [0.05, 0.1) is 18.4 Å². The molecule has 2 saturated carbocycles. The fraction of sp³-hybridized carbons (Fsp3) is 0.618. The van der Waals surface area contributed by atoms with Crippen molar-refractivity contribution < 1.29 is 28.6 Å². The number of carbonyl (C=O) groups excluding carboxylic acids is 2. The van der Waals surface area contributed by atoms with Crippen LogP contribution >= 0.6 is 0 Å². The van der Waals surface area contributed by atoms with Crippen molar-refractivity contribution in [3.8, 4) is 0 Å². The number of fused-ring (bicyclic) bond motifs is 4. The molecule has 1 N–H and O–H groups in total. The molecule has 1 amide bonds. The zero-order valence-corrected chi connectivity index (χ0v) is 25.2. The number of methoxy groups -OCH3 is 2. The summed E-state index contributed by atoms with van der Waals surface area (Å²) in [5.41, 5.74) is 6.05. The summed E-state index contributed by atoms with van der Waals surface area (Å²) in [6, 6.07) is 8.53. The number of oxime groups is 1. The second kappa shape index (κ2) is 12.1. The quantitative estimate of drug-likeness (QED) is 0.248. The largest absolute Gasteiger partial charge is 0.433 e. The summed E-state index contributed by atoms with van der Waals surface area (Å²) >= 11 is 0. The highest BCUT2D eigenvalue weighted by molar-refractivity contribution is 5.93. The van der Waals surface area contributed by atoms with E-state index in [9.17, 15) is 9.59 Å². The van der Waals surface area contributed by atoms with Gasteiger partial charge < -0.3 is 19.5 Å². The van der Waals surface area contributed by atoms with E-state index in [1.165, 1.54) is 16.7 Å². The number of hydrogen-bond acceptors (Lipinski definition) is 7. The topological polar surface area (TPSA) is 95.5 Å². The number of allylic oxidation sites excluding steroid dienone is 4. The molecule has 1 aromatic carbocycles. The minimum absolute atomic E-state index is 0.0331. The monoisotopic (exact) mass is 576 g/mol. The summed E-state index contributed by atoms with van der Waals surface area (Å²) < 4.78 is 17.5. The lowest BCUT2D eigenvalue weighted by Crippen LogP contribution is -2.54. The third-order valence-corrected chi connectivity index (χ3v) is 11.0. The van der Waals surface area contributed by atoms with E-state index in [2.05, 4.69) is 29.5 Å². The van der Waals surface area contributed by atoms with Crippen LogP contribution in [-0.4, -0.2) is 63.8 Å². The minimum atomic E-state index is -0.541. The Bertz CT molecular complexity index is 1280. The molecular weight excluding hydrogens is 532 g/mol. The van der Waals surface area contributed by atoms with Crippen LogP contribution in [-0.2, 0) is 23.8 Å². The van der Waals surface area contributed by atoms with Gasteiger partial charge >= 0.3 is 6.09 Å². The van der Waals surface area contributed by atoms with Crippen molar-refractivity contribution in [1.82, 2.24) is 5.32 Å². The van der Waals surface area contributed by atoms with Crippen molar-refractivity contribution in [2.24, 2.45) is 22.4 Å². The Balaban J connectivity index is 1.27. The number of nitrogens with one attached hydrogen (secondary N) is 1. The summed E-state index contributed by atoms with van der Waals surface area (Å²) in [6.45, 7) is 4.32. The van der Waals surface area contributed by atoms with Gasteiger partial charge in [-0.25, -0.2) is 4.79 Å². The number of ether oxygens (including phenoxy) is 3. The molecular formula is C34H44N2O6. The molecule has 1 heterocycles. The Hall–Kier alpha value is -2.81. The molecule has 5 aliphatic rings. The van der Waals surface area contributed by atoms with Crippen LogP contribution in [0.2, 0.25) is 0 Å². The Morgan fingerprint density at radius 3 is 2.62 bits per heavy atom. The lowest BCUT2D eigenvalue weighted by molar-refractivity contribution is -0.149. The van der Waals surface area contributed by atoms with E-state index in [1.807, 2.05) is 25.3 Å². The zero-order valence-electron chi connectivity index (χ0n) is 25.2. The number of nitrogens with zero attached hydrogens (tertiary/aromatic N) is 1. The molecule has 8 heteroatoms. The molecule has 1 aromatic rings. The van der Waals surface area contributed by atoms with Crippen LogP contribution in [0.5, 0.6) is 0 Å². The van der Waals surface area contributed by atoms with Gasteiger partial charge in [0, 0.05) is 51.2 Å². The smallest absolute Gasteiger partial charge is 0.382 e. The van der Waals surface area contributed by atoms with Crippen LogP contribution in [0.3, 0.4) is 0 Å². The summed E-state index contributed by atoms with van der Waals surface area (Å²) in [5, 5.41) is 6.78.